The number of benzene rings is 2. The molecule has 0 saturated carbocycles. The Hall–Kier alpha value is -3.38. The summed E-state index contributed by atoms with van der Waals surface area (Å²) in [6.45, 7) is 2.55. The van der Waals surface area contributed by atoms with Gasteiger partial charge in [0.15, 0.2) is 24.0 Å². The lowest BCUT2D eigenvalue weighted by atomic mass is 9.72. The number of aliphatic hydroxyl groups excluding tert-OH is 1. The van der Waals surface area contributed by atoms with E-state index in [1.54, 1.807) is 0 Å². The smallest absolute Gasteiger partial charge is 0.202 e. The molecule has 0 aromatic heterocycles. The van der Waals surface area contributed by atoms with Gasteiger partial charge in [-0.25, -0.2) is 4.39 Å². The van der Waals surface area contributed by atoms with Crippen LogP contribution in [0.15, 0.2) is 18.2 Å². The molecular formula is C27H27FO10. The number of aromatic hydroxyl groups is 2. The predicted octanol–water partition coefficient (Wildman–Crippen LogP) is 2.04. The third-order valence-electron chi connectivity index (χ3n) is 7.66. The number of rotatable bonds is 4. The number of phenolic OH excluding ortho intramolecular Hbond substituents is 2. The highest BCUT2D eigenvalue weighted by atomic mass is 19.1. The molecule has 202 valence electrons. The predicted molar refractivity (Wildman–Crippen MR) is 127 cm³/mol. The molecule has 0 bridgehead atoms. The second-order valence-electron chi connectivity index (χ2n) is 9.99. The van der Waals surface area contributed by atoms with Crippen molar-refractivity contribution in [3.05, 3.63) is 51.6 Å². The van der Waals surface area contributed by atoms with Crippen molar-refractivity contribution in [2.45, 2.75) is 69.5 Å². The maximum Gasteiger partial charge on any atom is 0.202 e. The number of carbonyl (C=O) groups excluding carboxylic acids is 3. The molecule has 10 nitrogen and oxygen atoms in total. The Kier molecular flexibility index (Phi) is 6.30. The molecule has 2 aliphatic carbocycles. The maximum atomic E-state index is 14.1. The lowest BCUT2D eigenvalue weighted by Crippen LogP contribution is -2.48. The average molecular weight is 531 g/mol. The fourth-order valence-electron chi connectivity index (χ4n) is 5.58. The summed E-state index contributed by atoms with van der Waals surface area (Å²) >= 11 is 0. The lowest BCUT2D eigenvalue weighted by molar-refractivity contribution is -0.256. The Balaban J connectivity index is 1.68. The third kappa shape index (κ3) is 3.80. The van der Waals surface area contributed by atoms with Gasteiger partial charge in [-0.15, -0.1) is 0 Å². The van der Waals surface area contributed by atoms with Crippen molar-refractivity contribution in [2.24, 2.45) is 0 Å². The number of hydrogen-bond donors (Lipinski definition) is 4. The van der Waals surface area contributed by atoms with Crippen LogP contribution in [0.2, 0.25) is 0 Å². The van der Waals surface area contributed by atoms with Crippen molar-refractivity contribution in [1.29, 1.82) is 0 Å². The van der Waals surface area contributed by atoms with E-state index in [2.05, 4.69) is 0 Å². The molecule has 38 heavy (non-hydrogen) atoms. The van der Waals surface area contributed by atoms with Gasteiger partial charge in [-0.05, 0) is 19.9 Å². The molecule has 2 aromatic rings. The van der Waals surface area contributed by atoms with Gasteiger partial charge in [0, 0.05) is 36.0 Å². The van der Waals surface area contributed by atoms with Crippen LogP contribution in [0.4, 0.5) is 4.39 Å². The number of fused-ring (bicyclic) bond motifs is 3. The minimum atomic E-state index is -2.06. The van der Waals surface area contributed by atoms with Crippen LogP contribution in [0.3, 0.4) is 0 Å². The van der Waals surface area contributed by atoms with Crippen LogP contribution in [-0.2, 0) is 20.7 Å². The molecule has 6 atom stereocenters. The fourth-order valence-corrected chi connectivity index (χ4v) is 5.58. The van der Waals surface area contributed by atoms with Gasteiger partial charge in [0.1, 0.15) is 22.8 Å². The molecule has 11 heteroatoms. The van der Waals surface area contributed by atoms with Crippen molar-refractivity contribution in [1.82, 2.24) is 0 Å². The van der Waals surface area contributed by atoms with Crippen molar-refractivity contribution in [2.75, 3.05) is 7.11 Å². The molecule has 0 amide bonds. The minimum Gasteiger partial charge on any atom is -0.507 e. The van der Waals surface area contributed by atoms with Crippen LogP contribution in [0, 0.1) is 0 Å². The summed E-state index contributed by atoms with van der Waals surface area (Å²) in [4.78, 5) is 39.5. The highest BCUT2D eigenvalue weighted by Crippen LogP contribution is 2.52. The van der Waals surface area contributed by atoms with Crippen LogP contribution in [0.5, 0.6) is 17.2 Å². The molecule has 1 saturated heterocycles. The third-order valence-corrected chi connectivity index (χ3v) is 7.66. The van der Waals surface area contributed by atoms with Gasteiger partial charge in [-0.3, -0.25) is 14.4 Å². The summed E-state index contributed by atoms with van der Waals surface area (Å²) < 4.78 is 30.8. The first-order valence-electron chi connectivity index (χ1n) is 12.1. The molecule has 1 aliphatic heterocycles. The van der Waals surface area contributed by atoms with Gasteiger partial charge < -0.3 is 34.6 Å². The van der Waals surface area contributed by atoms with Crippen molar-refractivity contribution < 1.29 is 53.4 Å². The number of ether oxygens (including phenoxy) is 3. The molecule has 1 fully saturated rings. The Morgan fingerprint density at radius 1 is 1.13 bits per heavy atom. The zero-order valence-corrected chi connectivity index (χ0v) is 20.9. The normalized spacial score (nSPS) is 30.3. The Morgan fingerprint density at radius 3 is 2.45 bits per heavy atom. The van der Waals surface area contributed by atoms with E-state index in [4.69, 9.17) is 14.2 Å². The van der Waals surface area contributed by atoms with E-state index in [1.165, 1.54) is 32.2 Å². The number of carbonyl (C=O) groups is 3. The van der Waals surface area contributed by atoms with Crippen LogP contribution < -0.4 is 4.74 Å². The van der Waals surface area contributed by atoms with Crippen LogP contribution in [0.1, 0.15) is 75.8 Å². The number of phenols is 2. The summed E-state index contributed by atoms with van der Waals surface area (Å²) in [5, 5.41) is 43.9. The van der Waals surface area contributed by atoms with E-state index in [-0.39, 0.29) is 34.4 Å². The van der Waals surface area contributed by atoms with Crippen LogP contribution >= 0.6 is 0 Å². The molecule has 4 N–H and O–H groups in total. The highest BCUT2D eigenvalue weighted by Gasteiger charge is 2.49. The van der Waals surface area contributed by atoms with E-state index < -0.39 is 89.2 Å². The summed E-state index contributed by atoms with van der Waals surface area (Å²) in [6, 6.07) is 4.37. The van der Waals surface area contributed by atoms with E-state index in [9.17, 15) is 39.2 Å². The largest absolute Gasteiger partial charge is 0.507 e. The first kappa shape index (κ1) is 26.2. The highest BCUT2D eigenvalue weighted by molar-refractivity contribution is 6.31. The number of aliphatic hydroxyl groups is 2. The number of halogens is 1. The molecule has 1 heterocycles. The topological polar surface area (TPSA) is 160 Å². The van der Waals surface area contributed by atoms with Crippen molar-refractivity contribution in [3.8, 4) is 17.2 Å². The molecule has 5 rings (SSSR count). The number of ketones is 3. The number of alkyl halides is 1. The van der Waals surface area contributed by atoms with E-state index in [0.717, 1.165) is 6.92 Å². The summed E-state index contributed by atoms with van der Waals surface area (Å²) in [5.74, 6) is -3.42. The Morgan fingerprint density at radius 2 is 1.82 bits per heavy atom. The van der Waals surface area contributed by atoms with Crippen molar-refractivity contribution >= 4 is 17.3 Å². The number of Topliss-reactive ketones (excluding diaryl/α,β-unsaturated/α-hetero) is 1. The molecule has 3 aliphatic rings. The zero-order valence-electron chi connectivity index (χ0n) is 20.9. The van der Waals surface area contributed by atoms with Gasteiger partial charge in [-0.2, -0.15) is 0 Å². The van der Waals surface area contributed by atoms with E-state index >= 15 is 0 Å². The molecule has 0 radical (unpaired) electrons. The Bertz CT molecular complexity index is 1360. The van der Waals surface area contributed by atoms with Gasteiger partial charge in [0.05, 0.1) is 42.1 Å². The maximum absolute atomic E-state index is 14.1. The van der Waals surface area contributed by atoms with Gasteiger partial charge in [-0.1, -0.05) is 12.1 Å². The molecular weight excluding hydrogens is 503 g/mol. The van der Waals surface area contributed by atoms with Crippen LogP contribution in [0.25, 0.3) is 0 Å². The second-order valence-corrected chi connectivity index (χ2v) is 9.99. The molecule has 2 aromatic carbocycles. The second kappa shape index (κ2) is 9.12. The van der Waals surface area contributed by atoms with Crippen LogP contribution in [-0.4, -0.2) is 75.2 Å². The summed E-state index contributed by atoms with van der Waals surface area (Å²) in [6.07, 6.45) is -7.78. The van der Waals surface area contributed by atoms with Crippen molar-refractivity contribution in [3.63, 3.8) is 0 Å². The summed E-state index contributed by atoms with van der Waals surface area (Å²) in [7, 11) is 1.32. The first-order valence-corrected chi connectivity index (χ1v) is 12.1. The average Bonchev–Trinajstić information content (AvgIpc) is 2.87. The SMILES string of the molecule is COc1cccc2c1C(=O)c1c(O)c3c(c(O)c1C2=O)CC(O)(C(C)=O)CC3OC1CC(O)C(F)C(C)O1. The number of hydrogen-bond acceptors (Lipinski definition) is 10. The van der Waals surface area contributed by atoms with E-state index in [0.29, 0.717) is 0 Å². The quantitative estimate of drug-likeness (QED) is 0.368. The van der Waals surface area contributed by atoms with E-state index in [1.807, 2.05) is 0 Å². The minimum absolute atomic E-state index is 0.0405. The van der Waals surface area contributed by atoms with Gasteiger partial charge in [0.25, 0.3) is 0 Å². The van der Waals surface area contributed by atoms with Gasteiger partial charge >= 0.3 is 0 Å². The molecule has 6 unspecified atom stereocenters. The number of methoxy groups -OCH3 is 1. The first-order chi connectivity index (χ1) is 17.9. The Labute approximate surface area is 216 Å². The monoisotopic (exact) mass is 530 g/mol. The zero-order chi connectivity index (χ0) is 27.7. The lowest BCUT2D eigenvalue weighted by Gasteiger charge is -2.41. The van der Waals surface area contributed by atoms with Gasteiger partial charge in [0.2, 0.25) is 5.78 Å². The fraction of sp³-hybridized carbons (Fsp3) is 0.444. The summed E-state index contributed by atoms with van der Waals surface area (Å²) in [5.41, 5.74) is -3.36. The standard InChI is InChI=1S/C27H27FO10/c1-10-22(28)14(30)7-17(37-10)38-16-9-27(35,11(2)29)8-13-19(16)26(34)21-20(24(13)32)23(31)12-5-4-6-15(36-3)18(12)25(21)33/h4-6,10,14,16-17,22,30,32,34-35H,7-9H2,1-3H3. The molecule has 0 spiro atoms.